The highest BCUT2D eigenvalue weighted by Gasteiger charge is 2.13. The van der Waals surface area contributed by atoms with E-state index < -0.39 is 0 Å². The Morgan fingerprint density at radius 3 is 3.00 bits per heavy atom. The summed E-state index contributed by atoms with van der Waals surface area (Å²) in [6.07, 6.45) is 10.0. The van der Waals surface area contributed by atoms with Crippen LogP contribution in [0.15, 0.2) is 10.6 Å². The molecule has 0 bridgehead atoms. The highest BCUT2D eigenvalue weighted by atomic mass is 14.6. The van der Waals surface area contributed by atoms with Gasteiger partial charge in [0, 0.05) is 6.04 Å². The summed E-state index contributed by atoms with van der Waals surface area (Å²) in [5.41, 5.74) is 1.30. The van der Waals surface area contributed by atoms with Crippen LogP contribution in [0.25, 0.3) is 0 Å². The minimum Gasteiger partial charge on any atom is -0.155 e. The maximum atomic E-state index is 5.00. The number of allylic oxidation sites excluding steroid dienone is 1. The minimum absolute atomic E-state index is 0.640. The van der Waals surface area contributed by atoms with Crippen molar-refractivity contribution in [2.45, 2.75) is 32.6 Å². The smallest absolute Gasteiger partial charge is 0.0406 e. The molecule has 0 aromatic heterocycles. The lowest BCUT2D eigenvalue weighted by Crippen LogP contribution is -2.06. The Morgan fingerprint density at radius 1 is 1.55 bits per heavy atom. The van der Waals surface area contributed by atoms with Crippen molar-refractivity contribution in [2.24, 2.45) is 10.9 Å². The van der Waals surface area contributed by atoms with Crippen molar-refractivity contribution < 1.29 is 0 Å². The molecule has 0 amide bonds. The van der Waals surface area contributed by atoms with Crippen molar-refractivity contribution in [2.75, 3.05) is 0 Å². The molecule has 1 aliphatic rings. The normalized spacial score (nSPS) is 23.6. The van der Waals surface area contributed by atoms with Gasteiger partial charge in [-0.25, -0.2) is 0 Å². The van der Waals surface area contributed by atoms with Crippen molar-refractivity contribution >= 4 is 5.87 Å². The Morgan fingerprint density at radius 2 is 2.36 bits per heavy atom. The van der Waals surface area contributed by atoms with Crippen LogP contribution in [0.2, 0.25) is 0 Å². The van der Waals surface area contributed by atoms with Gasteiger partial charge in [0.2, 0.25) is 0 Å². The molecule has 58 valence electrons. The number of rotatable bonds is 0. The van der Waals surface area contributed by atoms with Crippen LogP contribution < -0.4 is 0 Å². The predicted molar refractivity (Wildman–Crippen MR) is 47.4 cm³/mol. The maximum Gasteiger partial charge on any atom is 0.0406 e. The molecule has 1 atom stereocenters. The fourth-order valence-corrected chi connectivity index (χ4v) is 1.46. The maximum absolute atomic E-state index is 5.00. The molecule has 0 radical (unpaired) electrons. The molecule has 0 N–H and O–H groups in total. The molecule has 1 heteroatoms. The molecule has 1 rings (SSSR count). The van der Waals surface area contributed by atoms with Crippen LogP contribution in [0.1, 0.15) is 32.6 Å². The van der Waals surface area contributed by atoms with E-state index in [1.165, 1.54) is 24.8 Å². The molecule has 0 saturated heterocycles. The van der Waals surface area contributed by atoms with E-state index in [4.69, 9.17) is 6.42 Å². The van der Waals surface area contributed by atoms with Gasteiger partial charge in [-0.15, -0.1) is 0 Å². The largest absolute Gasteiger partial charge is 0.155 e. The second-order valence-electron chi connectivity index (χ2n) is 3.02. The molecule has 11 heavy (non-hydrogen) atoms. The molecule has 1 saturated carbocycles. The standard InChI is InChI=1S/C10H13N/c1-3-11-8-10-7-5-4-6-9(10)2/h1,9H,4-7H2,2H3. The Balaban J connectivity index is 2.70. The predicted octanol–water partition coefficient (Wildman–Crippen LogP) is 2.38. The second kappa shape index (κ2) is 4.01. The lowest BCUT2D eigenvalue weighted by atomic mass is 9.87. The molecule has 1 fully saturated rings. The summed E-state index contributed by atoms with van der Waals surface area (Å²) in [7, 11) is 0. The third-order valence-corrected chi connectivity index (χ3v) is 2.19. The SMILES string of the molecule is C#CN=C=C1CCCCC1C. The summed E-state index contributed by atoms with van der Waals surface area (Å²) >= 11 is 0. The molecule has 1 aliphatic carbocycles. The van der Waals surface area contributed by atoms with Gasteiger partial charge in [0.25, 0.3) is 0 Å². The highest BCUT2D eigenvalue weighted by molar-refractivity contribution is 5.60. The quantitative estimate of drug-likeness (QED) is 0.368. The molecule has 0 aromatic rings. The van der Waals surface area contributed by atoms with Crippen molar-refractivity contribution in [1.29, 1.82) is 0 Å². The van der Waals surface area contributed by atoms with Crippen LogP contribution in [-0.2, 0) is 0 Å². The van der Waals surface area contributed by atoms with Crippen molar-refractivity contribution in [3.05, 3.63) is 5.57 Å². The lowest BCUT2D eigenvalue weighted by molar-refractivity contribution is 0.489. The first-order valence-electron chi connectivity index (χ1n) is 4.11. The molecular formula is C10H13N. The molecule has 1 nitrogen and oxygen atoms in total. The highest BCUT2D eigenvalue weighted by Crippen LogP contribution is 2.26. The second-order valence-corrected chi connectivity index (χ2v) is 3.02. The minimum atomic E-state index is 0.640. The summed E-state index contributed by atoms with van der Waals surface area (Å²) < 4.78 is 0. The van der Waals surface area contributed by atoms with Gasteiger partial charge in [-0.1, -0.05) is 19.8 Å². The zero-order valence-corrected chi connectivity index (χ0v) is 6.93. The van der Waals surface area contributed by atoms with Crippen LogP contribution in [0.4, 0.5) is 0 Å². The Kier molecular flexibility index (Phi) is 2.95. The first kappa shape index (κ1) is 8.11. The third-order valence-electron chi connectivity index (χ3n) is 2.19. The monoisotopic (exact) mass is 147 g/mol. The van der Waals surface area contributed by atoms with E-state index in [1.807, 2.05) is 0 Å². The van der Waals surface area contributed by atoms with Crippen LogP contribution in [0, 0.1) is 18.4 Å². The molecule has 1 unspecified atom stereocenters. The molecule has 0 spiro atoms. The average molecular weight is 147 g/mol. The van der Waals surface area contributed by atoms with E-state index in [9.17, 15) is 0 Å². The zero-order valence-electron chi connectivity index (χ0n) is 6.93. The van der Waals surface area contributed by atoms with Crippen LogP contribution >= 0.6 is 0 Å². The number of terminal acetylenes is 1. The Labute approximate surface area is 68.2 Å². The van der Waals surface area contributed by atoms with Gasteiger partial charge in [-0.2, -0.15) is 4.99 Å². The van der Waals surface area contributed by atoms with Gasteiger partial charge in [0.15, 0.2) is 0 Å². The summed E-state index contributed by atoms with van der Waals surface area (Å²) in [6.45, 7) is 2.22. The van der Waals surface area contributed by atoms with Gasteiger partial charge in [0.05, 0.1) is 0 Å². The number of hydrogen-bond acceptors (Lipinski definition) is 1. The summed E-state index contributed by atoms with van der Waals surface area (Å²) in [6, 6.07) is 2.23. The van der Waals surface area contributed by atoms with E-state index in [1.54, 1.807) is 0 Å². The van der Waals surface area contributed by atoms with Crippen molar-refractivity contribution in [3.63, 3.8) is 0 Å². The molecule has 0 heterocycles. The van der Waals surface area contributed by atoms with Gasteiger partial charge >= 0.3 is 0 Å². The third kappa shape index (κ3) is 2.26. The first-order chi connectivity index (χ1) is 5.34. The van der Waals surface area contributed by atoms with Crippen LogP contribution in [0.3, 0.4) is 0 Å². The van der Waals surface area contributed by atoms with Crippen LogP contribution in [-0.4, -0.2) is 5.87 Å². The number of hydrogen-bond donors (Lipinski definition) is 0. The van der Waals surface area contributed by atoms with Gasteiger partial charge in [0.1, 0.15) is 0 Å². The Hall–Kier alpha value is -0.990. The number of aliphatic imine (C=N–C) groups is 1. The molecule has 0 aliphatic heterocycles. The molecule has 0 aromatic carbocycles. The van der Waals surface area contributed by atoms with Gasteiger partial charge in [-0.05, 0) is 36.6 Å². The van der Waals surface area contributed by atoms with E-state index >= 15 is 0 Å². The average Bonchev–Trinajstić information content (AvgIpc) is 2.03. The van der Waals surface area contributed by atoms with E-state index in [-0.39, 0.29) is 0 Å². The summed E-state index contributed by atoms with van der Waals surface area (Å²) in [4.78, 5) is 3.69. The van der Waals surface area contributed by atoms with E-state index in [0.717, 1.165) is 6.42 Å². The summed E-state index contributed by atoms with van der Waals surface area (Å²) in [5.74, 6) is 3.57. The van der Waals surface area contributed by atoms with Gasteiger partial charge < -0.3 is 0 Å². The topological polar surface area (TPSA) is 12.4 Å². The van der Waals surface area contributed by atoms with Crippen molar-refractivity contribution in [1.82, 2.24) is 0 Å². The fourth-order valence-electron chi connectivity index (χ4n) is 1.46. The Bertz CT molecular complexity index is 226. The van der Waals surface area contributed by atoms with Gasteiger partial charge in [-0.3, -0.25) is 0 Å². The first-order valence-corrected chi connectivity index (χ1v) is 4.11. The number of nitrogens with zero attached hydrogens (tertiary/aromatic N) is 1. The van der Waals surface area contributed by atoms with Crippen LogP contribution in [0.5, 0.6) is 0 Å². The lowest BCUT2D eigenvalue weighted by Gasteiger charge is -2.18. The van der Waals surface area contributed by atoms with E-state index in [0.29, 0.717) is 5.92 Å². The van der Waals surface area contributed by atoms with E-state index in [2.05, 4.69) is 23.8 Å². The zero-order chi connectivity index (χ0) is 8.10. The van der Waals surface area contributed by atoms with Crippen molar-refractivity contribution in [3.8, 4) is 12.5 Å². The molecular weight excluding hydrogens is 134 g/mol. The summed E-state index contributed by atoms with van der Waals surface area (Å²) in [5, 5.41) is 0. The fraction of sp³-hybridized carbons (Fsp3) is 0.600.